The van der Waals surface area contributed by atoms with Crippen LogP contribution in [0.1, 0.15) is 17.0 Å². The molecule has 1 saturated heterocycles. The molecule has 0 radical (unpaired) electrons. The molecule has 3 aromatic carbocycles. The van der Waals surface area contributed by atoms with Crippen LogP contribution in [0.3, 0.4) is 0 Å². The van der Waals surface area contributed by atoms with Gasteiger partial charge >= 0.3 is 0 Å². The first-order valence-electron chi connectivity index (χ1n) is 10.4. The van der Waals surface area contributed by atoms with E-state index in [9.17, 15) is 14.4 Å². The van der Waals surface area contributed by atoms with E-state index in [0.717, 1.165) is 27.8 Å². The van der Waals surface area contributed by atoms with Gasteiger partial charge in [0, 0.05) is 0 Å². The molecule has 6 nitrogen and oxygen atoms in total. The van der Waals surface area contributed by atoms with Crippen molar-refractivity contribution >= 4 is 39.9 Å². The average molecular weight is 454 g/mol. The summed E-state index contributed by atoms with van der Waals surface area (Å²) in [6, 6.07) is 23.9. The summed E-state index contributed by atoms with van der Waals surface area (Å²) in [5.74, 6) is -0.0728. The molecule has 4 aromatic rings. The van der Waals surface area contributed by atoms with Crippen molar-refractivity contribution in [3.05, 3.63) is 111 Å². The predicted molar refractivity (Wildman–Crippen MR) is 130 cm³/mol. The largest absolute Gasteiger partial charge is 0.293 e. The molecule has 0 atom stereocenters. The van der Waals surface area contributed by atoms with Gasteiger partial charge in [-0.1, -0.05) is 60.2 Å². The standard InChI is InChI=1S/C26H19N3O3S/c1-17-11-13-18(14-12-17)15-22-25(31)28(26(32)33-22)16-23-27-21-10-6-5-9-20(21)24(30)29(23)19-7-3-2-4-8-19/h2-15H,16H2,1H3/b22-15+. The van der Waals surface area contributed by atoms with Crippen LogP contribution in [0, 0.1) is 6.92 Å². The van der Waals surface area contributed by atoms with Gasteiger partial charge in [-0.05, 0) is 54.6 Å². The number of nitrogens with zero attached hydrogens (tertiary/aromatic N) is 3. The van der Waals surface area contributed by atoms with Crippen LogP contribution in [-0.2, 0) is 11.3 Å². The lowest BCUT2D eigenvalue weighted by Crippen LogP contribution is -2.32. The van der Waals surface area contributed by atoms with E-state index in [4.69, 9.17) is 0 Å². The number of imide groups is 1. The molecule has 0 aliphatic carbocycles. The number of amides is 2. The molecule has 33 heavy (non-hydrogen) atoms. The van der Waals surface area contributed by atoms with Gasteiger partial charge in [0.15, 0.2) is 0 Å². The number of aryl methyl sites for hydroxylation is 1. The van der Waals surface area contributed by atoms with Crippen molar-refractivity contribution in [2.75, 3.05) is 0 Å². The first-order valence-corrected chi connectivity index (χ1v) is 11.2. The molecule has 162 valence electrons. The zero-order chi connectivity index (χ0) is 22.9. The van der Waals surface area contributed by atoms with Crippen LogP contribution < -0.4 is 5.56 Å². The molecule has 1 aliphatic heterocycles. The fraction of sp³-hybridized carbons (Fsp3) is 0.0769. The molecular weight excluding hydrogens is 434 g/mol. The number of fused-ring (bicyclic) bond motifs is 1. The molecule has 0 spiro atoms. The second-order valence-corrected chi connectivity index (χ2v) is 8.69. The number of hydrogen-bond acceptors (Lipinski definition) is 5. The van der Waals surface area contributed by atoms with Crippen molar-refractivity contribution < 1.29 is 9.59 Å². The first-order chi connectivity index (χ1) is 16.0. The minimum atomic E-state index is -0.396. The summed E-state index contributed by atoms with van der Waals surface area (Å²) in [5, 5.41) is 0.0823. The predicted octanol–water partition coefficient (Wildman–Crippen LogP) is 4.93. The monoisotopic (exact) mass is 453 g/mol. The Morgan fingerprint density at radius 1 is 0.879 bits per heavy atom. The molecule has 0 unspecified atom stereocenters. The smallest absolute Gasteiger partial charge is 0.268 e. The number of hydrogen-bond donors (Lipinski definition) is 0. The van der Waals surface area contributed by atoms with Crippen LogP contribution in [0.15, 0.2) is 88.6 Å². The van der Waals surface area contributed by atoms with E-state index in [2.05, 4.69) is 4.98 Å². The molecule has 1 fully saturated rings. The third kappa shape index (κ3) is 3.99. The molecule has 2 amide bonds. The van der Waals surface area contributed by atoms with Crippen molar-refractivity contribution in [1.82, 2.24) is 14.5 Å². The topological polar surface area (TPSA) is 72.3 Å². The Morgan fingerprint density at radius 2 is 1.58 bits per heavy atom. The van der Waals surface area contributed by atoms with Crippen molar-refractivity contribution in [2.45, 2.75) is 13.5 Å². The van der Waals surface area contributed by atoms with E-state index in [-0.39, 0.29) is 17.3 Å². The van der Waals surface area contributed by atoms with E-state index < -0.39 is 5.91 Å². The molecule has 0 N–H and O–H groups in total. The summed E-state index contributed by atoms with van der Waals surface area (Å²) in [6.07, 6.45) is 1.71. The van der Waals surface area contributed by atoms with E-state index in [1.54, 1.807) is 42.5 Å². The van der Waals surface area contributed by atoms with Crippen LogP contribution in [0.5, 0.6) is 0 Å². The molecule has 5 rings (SSSR count). The van der Waals surface area contributed by atoms with Crippen LogP contribution >= 0.6 is 11.8 Å². The van der Waals surface area contributed by atoms with Crippen molar-refractivity contribution in [3.8, 4) is 5.69 Å². The Morgan fingerprint density at radius 3 is 2.33 bits per heavy atom. The SMILES string of the molecule is Cc1ccc(/C=C2/SC(=O)N(Cc3nc4ccccc4c(=O)n3-c3ccccc3)C2=O)cc1. The summed E-state index contributed by atoms with van der Waals surface area (Å²) in [6.45, 7) is 1.88. The number of rotatable bonds is 4. The molecule has 7 heteroatoms. The summed E-state index contributed by atoms with van der Waals surface area (Å²) in [7, 11) is 0. The molecular formula is C26H19N3O3S. The zero-order valence-electron chi connectivity index (χ0n) is 17.8. The maximum absolute atomic E-state index is 13.3. The van der Waals surface area contributed by atoms with Gasteiger partial charge < -0.3 is 0 Å². The fourth-order valence-corrected chi connectivity index (χ4v) is 4.56. The summed E-state index contributed by atoms with van der Waals surface area (Å²) >= 11 is 0.893. The van der Waals surface area contributed by atoms with Crippen molar-refractivity contribution in [2.24, 2.45) is 0 Å². The van der Waals surface area contributed by atoms with Crippen LogP contribution in [-0.4, -0.2) is 25.6 Å². The summed E-state index contributed by atoms with van der Waals surface area (Å²) < 4.78 is 1.47. The van der Waals surface area contributed by atoms with Crippen molar-refractivity contribution in [3.63, 3.8) is 0 Å². The van der Waals surface area contributed by atoms with E-state index in [1.165, 1.54) is 4.57 Å². The number of para-hydroxylation sites is 2. The minimum absolute atomic E-state index is 0.106. The molecule has 1 aromatic heterocycles. The van der Waals surface area contributed by atoms with Gasteiger partial charge in [-0.25, -0.2) is 4.98 Å². The summed E-state index contributed by atoms with van der Waals surface area (Å²) in [4.78, 5) is 45.3. The second kappa shape index (κ2) is 8.52. The average Bonchev–Trinajstić information content (AvgIpc) is 3.08. The third-order valence-electron chi connectivity index (χ3n) is 5.41. The Hall–Kier alpha value is -3.97. The number of thioether (sulfide) groups is 1. The van der Waals surface area contributed by atoms with Gasteiger partial charge in [-0.15, -0.1) is 0 Å². The molecule has 2 heterocycles. The lowest BCUT2D eigenvalue weighted by molar-refractivity contribution is -0.123. The Bertz CT molecular complexity index is 1470. The first kappa shape index (κ1) is 20.9. The van der Waals surface area contributed by atoms with Crippen molar-refractivity contribution in [1.29, 1.82) is 0 Å². The quantitative estimate of drug-likeness (QED) is 0.410. The van der Waals surface area contributed by atoms with Gasteiger partial charge in [0.25, 0.3) is 16.7 Å². The van der Waals surface area contributed by atoms with E-state index >= 15 is 0 Å². The maximum atomic E-state index is 13.3. The maximum Gasteiger partial charge on any atom is 0.293 e. The highest BCUT2D eigenvalue weighted by Gasteiger charge is 2.36. The Labute approximate surface area is 194 Å². The highest BCUT2D eigenvalue weighted by atomic mass is 32.2. The van der Waals surface area contributed by atoms with Gasteiger partial charge in [-0.3, -0.25) is 23.9 Å². The third-order valence-corrected chi connectivity index (χ3v) is 6.32. The Balaban J connectivity index is 1.56. The van der Waals surface area contributed by atoms with Gasteiger partial charge in [0.1, 0.15) is 5.82 Å². The number of benzene rings is 3. The molecule has 0 saturated carbocycles. The highest BCUT2D eigenvalue weighted by molar-refractivity contribution is 8.18. The zero-order valence-corrected chi connectivity index (χ0v) is 18.6. The van der Waals surface area contributed by atoms with Crippen LogP contribution in [0.2, 0.25) is 0 Å². The second-order valence-electron chi connectivity index (χ2n) is 7.70. The lowest BCUT2D eigenvalue weighted by Gasteiger charge is -2.17. The van der Waals surface area contributed by atoms with Gasteiger partial charge in [0.05, 0.1) is 28.0 Å². The van der Waals surface area contributed by atoms with E-state index in [0.29, 0.717) is 27.3 Å². The minimum Gasteiger partial charge on any atom is -0.268 e. The van der Waals surface area contributed by atoms with Crippen LogP contribution in [0.25, 0.3) is 22.7 Å². The number of carbonyl (C=O) groups excluding carboxylic acids is 2. The Kier molecular flexibility index (Phi) is 5.40. The normalized spacial score (nSPS) is 15.1. The highest BCUT2D eigenvalue weighted by Crippen LogP contribution is 2.33. The van der Waals surface area contributed by atoms with Gasteiger partial charge in [0.2, 0.25) is 0 Å². The molecule has 1 aliphatic rings. The van der Waals surface area contributed by atoms with Gasteiger partial charge in [-0.2, -0.15) is 0 Å². The number of carbonyl (C=O) groups is 2. The molecule has 0 bridgehead atoms. The van der Waals surface area contributed by atoms with Crippen LogP contribution in [0.4, 0.5) is 4.79 Å². The number of aromatic nitrogens is 2. The summed E-state index contributed by atoms with van der Waals surface area (Å²) in [5.41, 5.74) is 2.85. The fourth-order valence-electron chi connectivity index (χ4n) is 3.72. The van der Waals surface area contributed by atoms with E-state index in [1.807, 2.05) is 49.4 Å². The lowest BCUT2D eigenvalue weighted by atomic mass is 10.1.